The van der Waals surface area contributed by atoms with E-state index in [-0.39, 0.29) is 18.9 Å². The van der Waals surface area contributed by atoms with Crippen LogP contribution in [0.5, 0.6) is 0 Å². The first-order valence-corrected chi connectivity index (χ1v) is 4.59. The van der Waals surface area contributed by atoms with Crippen LogP contribution in [0.15, 0.2) is 24.3 Å². The summed E-state index contributed by atoms with van der Waals surface area (Å²) in [5, 5.41) is 0. The minimum absolute atomic E-state index is 0. The summed E-state index contributed by atoms with van der Waals surface area (Å²) >= 11 is 0. The summed E-state index contributed by atoms with van der Waals surface area (Å²) in [6, 6.07) is 8.64. The predicted octanol–water partition coefficient (Wildman–Crippen LogP) is -0.155. The van der Waals surface area contributed by atoms with E-state index < -0.39 is 0 Å². The van der Waals surface area contributed by atoms with E-state index >= 15 is 0 Å². The topological polar surface area (TPSA) is 3.24 Å². The Bertz CT molecular complexity index is 244. The average Bonchev–Trinajstić information content (AvgIpc) is 2.07. The molecule has 0 atom stereocenters. The van der Waals surface area contributed by atoms with E-state index in [1.165, 1.54) is 11.3 Å². The first-order valence-electron chi connectivity index (χ1n) is 4.59. The zero-order valence-electron chi connectivity index (χ0n) is 9.17. The zero-order valence-corrected chi connectivity index (χ0v) is 9.17. The van der Waals surface area contributed by atoms with Crippen LogP contribution in [0, 0.1) is 6.92 Å². The zero-order chi connectivity index (χ0) is 8.97. The molecule has 1 nitrogen and oxygen atoms in total. The quantitative estimate of drug-likeness (QED) is 0.570. The molecule has 0 spiro atoms. The van der Waals surface area contributed by atoms with Crippen molar-refractivity contribution < 1.29 is 18.9 Å². The van der Waals surface area contributed by atoms with Crippen molar-refractivity contribution in [1.29, 1.82) is 0 Å². The molecular formula is C11H17LiN+. The van der Waals surface area contributed by atoms with Crippen molar-refractivity contribution >= 4 is 5.69 Å². The van der Waals surface area contributed by atoms with Crippen LogP contribution >= 0.6 is 0 Å². The van der Waals surface area contributed by atoms with Crippen molar-refractivity contribution in [3.8, 4) is 0 Å². The number of hydrogen-bond acceptors (Lipinski definition) is 1. The van der Waals surface area contributed by atoms with Crippen molar-refractivity contribution in [3.05, 3.63) is 29.8 Å². The van der Waals surface area contributed by atoms with Gasteiger partial charge in [-0.3, -0.25) is 0 Å². The molecule has 0 aliphatic carbocycles. The van der Waals surface area contributed by atoms with Crippen LogP contribution in [0.2, 0.25) is 0 Å². The van der Waals surface area contributed by atoms with Gasteiger partial charge < -0.3 is 4.90 Å². The van der Waals surface area contributed by atoms with Crippen molar-refractivity contribution in [1.82, 2.24) is 0 Å². The summed E-state index contributed by atoms with van der Waals surface area (Å²) in [5.74, 6) is 0. The van der Waals surface area contributed by atoms with E-state index in [1.807, 2.05) is 0 Å². The molecule has 1 aromatic rings. The average molecular weight is 170 g/mol. The van der Waals surface area contributed by atoms with E-state index in [0.717, 1.165) is 13.1 Å². The SMILES string of the molecule is CCN(CC)c1cccc(C)c1.[Li+]. The third-order valence-corrected chi connectivity index (χ3v) is 2.13. The normalized spacial score (nSPS) is 9.15. The summed E-state index contributed by atoms with van der Waals surface area (Å²) in [6.07, 6.45) is 0. The van der Waals surface area contributed by atoms with E-state index in [2.05, 4.69) is 49.9 Å². The molecule has 0 aliphatic rings. The van der Waals surface area contributed by atoms with Crippen molar-refractivity contribution in [2.75, 3.05) is 18.0 Å². The van der Waals surface area contributed by atoms with Gasteiger partial charge >= 0.3 is 18.9 Å². The Kier molecular flexibility index (Phi) is 5.95. The van der Waals surface area contributed by atoms with Crippen LogP contribution < -0.4 is 23.8 Å². The summed E-state index contributed by atoms with van der Waals surface area (Å²) in [4.78, 5) is 2.35. The fourth-order valence-electron chi connectivity index (χ4n) is 1.41. The molecule has 0 amide bonds. The number of nitrogens with zero attached hydrogens (tertiary/aromatic N) is 1. The van der Waals surface area contributed by atoms with E-state index in [9.17, 15) is 0 Å². The van der Waals surface area contributed by atoms with Gasteiger partial charge in [0.2, 0.25) is 0 Å². The van der Waals surface area contributed by atoms with E-state index in [4.69, 9.17) is 0 Å². The van der Waals surface area contributed by atoms with Crippen molar-refractivity contribution in [2.45, 2.75) is 20.8 Å². The van der Waals surface area contributed by atoms with E-state index in [0.29, 0.717) is 0 Å². The second-order valence-electron chi connectivity index (χ2n) is 3.01. The molecule has 0 N–H and O–H groups in total. The van der Waals surface area contributed by atoms with Gasteiger partial charge in [0.05, 0.1) is 0 Å². The maximum Gasteiger partial charge on any atom is 1.00 e. The molecule has 13 heavy (non-hydrogen) atoms. The Hall–Kier alpha value is -0.383. The Morgan fingerprint density at radius 3 is 2.23 bits per heavy atom. The van der Waals surface area contributed by atoms with Crippen LogP contribution in [0.1, 0.15) is 19.4 Å². The molecule has 0 saturated heterocycles. The van der Waals surface area contributed by atoms with Gasteiger partial charge in [-0.2, -0.15) is 0 Å². The van der Waals surface area contributed by atoms with Gasteiger partial charge in [-0.1, -0.05) is 12.1 Å². The molecule has 0 bridgehead atoms. The molecule has 0 saturated carbocycles. The molecule has 1 rings (SSSR count). The van der Waals surface area contributed by atoms with Gasteiger partial charge in [-0.15, -0.1) is 0 Å². The molecular weight excluding hydrogens is 153 g/mol. The molecule has 0 radical (unpaired) electrons. The van der Waals surface area contributed by atoms with Crippen LogP contribution in [0.4, 0.5) is 5.69 Å². The minimum atomic E-state index is 0. The molecule has 0 fully saturated rings. The number of benzene rings is 1. The summed E-state index contributed by atoms with van der Waals surface area (Å²) in [5.41, 5.74) is 2.67. The molecule has 0 heterocycles. The largest absolute Gasteiger partial charge is 1.00 e. The fraction of sp³-hybridized carbons (Fsp3) is 0.455. The number of hydrogen-bond donors (Lipinski definition) is 0. The number of rotatable bonds is 3. The smallest absolute Gasteiger partial charge is 0.372 e. The summed E-state index contributed by atoms with van der Waals surface area (Å²) in [6.45, 7) is 8.67. The second kappa shape index (κ2) is 6.13. The van der Waals surface area contributed by atoms with Crippen molar-refractivity contribution in [2.24, 2.45) is 0 Å². The van der Waals surface area contributed by atoms with Gasteiger partial charge in [0, 0.05) is 18.8 Å². The molecule has 0 aromatic heterocycles. The Morgan fingerprint density at radius 2 is 1.77 bits per heavy atom. The number of anilines is 1. The number of aryl methyl sites for hydroxylation is 1. The third-order valence-electron chi connectivity index (χ3n) is 2.13. The van der Waals surface area contributed by atoms with Crippen LogP contribution in [-0.4, -0.2) is 13.1 Å². The molecule has 0 unspecified atom stereocenters. The van der Waals surface area contributed by atoms with Gasteiger partial charge in [-0.05, 0) is 38.5 Å². The van der Waals surface area contributed by atoms with Crippen LogP contribution in [0.25, 0.3) is 0 Å². The standard InChI is InChI=1S/C11H17N.Li/c1-4-12(5-2)11-8-6-7-10(3)9-11;/h6-9H,4-5H2,1-3H3;/q;+1. The van der Waals surface area contributed by atoms with Gasteiger partial charge in [-0.25, -0.2) is 0 Å². The van der Waals surface area contributed by atoms with Gasteiger partial charge in [0.15, 0.2) is 0 Å². The van der Waals surface area contributed by atoms with Gasteiger partial charge in [0.1, 0.15) is 0 Å². The fourth-order valence-corrected chi connectivity index (χ4v) is 1.41. The summed E-state index contributed by atoms with van der Waals surface area (Å²) < 4.78 is 0. The Morgan fingerprint density at radius 1 is 1.15 bits per heavy atom. The molecule has 2 heteroatoms. The second-order valence-corrected chi connectivity index (χ2v) is 3.01. The van der Waals surface area contributed by atoms with Crippen molar-refractivity contribution in [3.63, 3.8) is 0 Å². The van der Waals surface area contributed by atoms with Gasteiger partial charge in [0.25, 0.3) is 0 Å². The first-order chi connectivity index (χ1) is 5.77. The maximum absolute atomic E-state index is 2.35. The van der Waals surface area contributed by atoms with Crippen LogP contribution in [-0.2, 0) is 0 Å². The summed E-state index contributed by atoms with van der Waals surface area (Å²) in [7, 11) is 0. The molecule has 1 aromatic carbocycles. The predicted molar refractivity (Wildman–Crippen MR) is 54.7 cm³/mol. The minimum Gasteiger partial charge on any atom is -0.372 e. The molecule has 66 valence electrons. The maximum atomic E-state index is 2.35. The van der Waals surface area contributed by atoms with Crippen LogP contribution in [0.3, 0.4) is 0 Å². The van der Waals surface area contributed by atoms with E-state index in [1.54, 1.807) is 0 Å². The Balaban J connectivity index is 0.00000144. The first kappa shape index (κ1) is 12.6. The third kappa shape index (κ3) is 3.46. The monoisotopic (exact) mass is 170 g/mol. The molecule has 0 aliphatic heterocycles. The Labute approximate surface area is 93.3 Å².